The number of ether oxygens (including phenoxy) is 1. The Morgan fingerprint density at radius 3 is 2.82 bits per heavy atom. The van der Waals surface area contributed by atoms with Crippen LogP contribution in [-0.2, 0) is 6.54 Å². The second-order valence-electron chi connectivity index (χ2n) is 4.13. The highest BCUT2D eigenvalue weighted by atomic mass is 19.1. The molecule has 1 aromatic carbocycles. The summed E-state index contributed by atoms with van der Waals surface area (Å²) in [4.78, 5) is 0. The minimum absolute atomic E-state index is 0.288. The van der Waals surface area contributed by atoms with Crippen LogP contribution in [0.4, 0.5) is 4.39 Å². The molecule has 0 saturated heterocycles. The van der Waals surface area contributed by atoms with E-state index in [0.29, 0.717) is 31.4 Å². The maximum atomic E-state index is 13.3. The number of terminal acetylenes is 1. The van der Waals surface area contributed by atoms with Crippen molar-refractivity contribution < 1.29 is 9.13 Å². The molecule has 2 nitrogen and oxygen atoms in total. The predicted octanol–water partition coefficient (Wildman–Crippen LogP) is 2.73. The first-order valence-corrected chi connectivity index (χ1v) is 5.71. The molecule has 1 N–H and O–H groups in total. The fourth-order valence-corrected chi connectivity index (χ4v) is 1.36. The number of nitrogens with one attached hydrogen (secondary N) is 1. The van der Waals surface area contributed by atoms with Crippen LogP contribution in [0.15, 0.2) is 18.2 Å². The molecule has 92 valence electrons. The summed E-state index contributed by atoms with van der Waals surface area (Å²) in [5, 5.41) is 3.23. The Bertz CT molecular complexity index is 396. The minimum Gasteiger partial charge on any atom is -0.492 e. The zero-order valence-corrected chi connectivity index (χ0v) is 10.3. The second-order valence-corrected chi connectivity index (χ2v) is 4.13. The lowest BCUT2D eigenvalue weighted by Gasteiger charge is -2.10. The zero-order chi connectivity index (χ0) is 12.7. The van der Waals surface area contributed by atoms with Crippen LogP contribution in [0.3, 0.4) is 0 Å². The topological polar surface area (TPSA) is 21.3 Å². The third-order valence-corrected chi connectivity index (χ3v) is 2.16. The van der Waals surface area contributed by atoms with E-state index in [9.17, 15) is 4.39 Å². The normalized spacial score (nSPS) is 10.3. The molecule has 17 heavy (non-hydrogen) atoms. The highest BCUT2D eigenvalue weighted by molar-refractivity contribution is 5.29. The summed E-state index contributed by atoms with van der Waals surface area (Å²) in [6.07, 6.45) is 5.64. The summed E-state index contributed by atoms with van der Waals surface area (Å²) >= 11 is 0. The molecular weight excluding hydrogens is 217 g/mol. The molecule has 0 aromatic heterocycles. The molecule has 3 heteroatoms. The number of benzene rings is 1. The molecule has 1 aromatic rings. The van der Waals surface area contributed by atoms with Crippen molar-refractivity contribution in [1.82, 2.24) is 5.32 Å². The molecule has 0 unspecified atom stereocenters. The van der Waals surface area contributed by atoms with Gasteiger partial charge in [-0.25, -0.2) is 4.39 Å². The average molecular weight is 235 g/mol. The average Bonchev–Trinajstić information content (AvgIpc) is 2.26. The van der Waals surface area contributed by atoms with Gasteiger partial charge < -0.3 is 10.1 Å². The van der Waals surface area contributed by atoms with Crippen LogP contribution in [0.1, 0.15) is 25.8 Å². The van der Waals surface area contributed by atoms with Gasteiger partial charge in [-0.15, -0.1) is 12.3 Å². The summed E-state index contributed by atoms with van der Waals surface area (Å²) in [6.45, 7) is 5.13. The minimum atomic E-state index is -0.288. The molecule has 0 heterocycles. The second kappa shape index (κ2) is 6.93. The van der Waals surface area contributed by atoms with Crippen LogP contribution in [0.2, 0.25) is 0 Å². The lowest BCUT2D eigenvalue weighted by Crippen LogP contribution is -2.21. The van der Waals surface area contributed by atoms with Crippen LogP contribution in [-0.4, -0.2) is 12.6 Å². The van der Waals surface area contributed by atoms with Crippen molar-refractivity contribution in [3.8, 4) is 18.1 Å². The standard InChI is InChI=1S/C14H18FNO/c1-4-5-6-17-14-8-12(7-13(15)9-14)10-16-11(2)3/h1,7-9,11,16H,5-6,10H2,2-3H3. The van der Waals surface area contributed by atoms with Gasteiger partial charge in [0.05, 0.1) is 6.61 Å². The number of halogens is 1. The molecule has 0 radical (unpaired) electrons. The highest BCUT2D eigenvalue weighted by Crippen LogP contribution is 2.16. The van der Waals surface area contributed by atoms with Gasteiger partial charge in [0.15, 0.2) is 0 Å². The molecular formula is C14H18FNO. The van der Waals surface area contributed by atoms with Crippen LogP contribution in [0, 0.1) is 18.2 Å². The fraction of sp³-hybridized carbons (Fsp3) is 0.429. The Labute approximate surface area is 102 Å². The predicted molar refractivity (Wildman–Crippen MR) is 67.3 cm³/mol. The Hall–Kier alpha value is -1.53. The monoisotopic (exact) mass is 235 g/mol. The number of hydrogen-bond acceptors (Lipinski definition) is 2. The summed E-state index contributed by atoms with van der Waals surface area (Å²) in [6, 6.07) is 5.07. The molecule has 0 atom stereocenters. The Morgan fingerprint density at radius 2 is 2.18 bits per heavy atom. The first-order valence-electron chi connectivity index (χ1n) is 5.71. The van der Waals surface area contributed by atoms with E-state index in [2.05, 4.69) is 11.2 Å². The lowest BCUT2D eigenvalue weighted by molar-refractivity contribution is 0.325. The quantitative estimate of drug-likeness (QED) is 0.604. The van der Waals surface area contributed by atoms with E-state index in [1.165, 1.54) is 12.1 Å². The lowest BCUT2D eigenvalue weighted by atomic mass is 10.2. The van der Waals surface area contributed by atoms with Crippen molar-refractivity contribution in [3.63, 3.8) is 0 Å². The van der Waals surface area contributed by atoms with E-state index in [4.69, 9.17) is 11.2 Å². The highest BCUT2D eigenvalue weighted by Gasteiger charge is 2.02. The van der Waals surface area contributed by atoms with Crippen molar-refractivity contribution in [3.05, 3.63) is 29.6 Å². The Morgan fingerprint density at radius 1 is 1.41 bits per heavy atom. The fourth-order valence-electron chi connectivity index (χ4n) is 1.36. The van der Waals surface area contributed by atoms with E-state index in [0.717, 1.165) is 5.56 Å². The van der Waals surface area contributed by atoms with Crippen molar-refractivity contribution in [2.24, 2.45) is 0 Å². The summed E-state index contributed by atoms with van der Waals surface area (Å²) in [7, 11) is 0. The molecule has 0 fully saturated rings. The van der Waals surface area contributed by atoms with E-state index >= 15 is 0 Å². The van der Waals surface area contributed by atoms with E-state index in [1.807, 2.05) is 19.9 Å². The van der Waals surface area contributed by atoms with E-state index in [1.54, 1.807) is 0 Å². The molecule has 0 spiro atoms. The van der Waals surface area contributed by atoms with Gasteiger partial charge in [-0.3, -0.25) is 0 Å². The van der Waals surface area contributed by atoms with Gasteiger partial charge in [0.2, 0.25) is 0 Å². The zero-order valence-electron chi connectivity index (χ0n) is 10.3. The van der Waals surface area contributed by atoms with Crippen molar-refractivity contribution in [1.29, 1.82) is 0 Å². The maximum Gasteiger partial charge on any atom is 0.127 e. The molecule has 0 amide bonds. The van der Waals surface area contributed by atoms with Crippen LogP contribution in [0.5, 0.6) is 5.75 Å². The Kier molecular flexibility index (Phi) is 5.51. The van der Waals surface area contributed by atoms with Gasteiger partial charge in [-0.2, -0.15) is 0 Å². The van der Waals surface area contributed by atoms with Crippen molar-refractivity contribution in [2.75, 3.05) is 6.61 Å². The molecule has 0 aliphatic carbocycles. The largest absolute Gasteiger partial charge is 0.492 e. The Balaban J connectivity index is 2.62. The van der Waals surface area contributed by atoms with Gasteiger partial charge in [0, 0.05) is 25.1 Å². The summed E-state index contributed by atoms with van der Waals surface area (Å²) < 4.78 is 18.7. The number of hydrogen-bond donors (Lipinski definition) is 1. The van der Waals surface area contributed by atoms with Crippen LogP contribution >= 0.6 is 0 Å². The summed E-state index contributed by atoms with van der Waals surface area (Å²) in [5.41, 5.74) is 0.870. The van der Waals surface area contributed by atoms with E-state index < -0.39 is 0 Å². The molecule has 1 rings (SSSR count). The smallest absolute Gasteiger partial charge is 0.127 e. The van der Waals surface area contributed by atoms with Gasteiger partial charge in [-0.1, -0.05) is 13.8 Å². The van der Waals surface area contributed by atoms with Crippen LogP contribution < -0.4 is 10.1 Å². The van der Waals surface area contributed by atoms with Crippen LogP contribution in [0.25, 0.3) is 0 Å². The molecule has 0 saturated carbocycles. The number of rotatable bonds is 6. The first-order chi connectivity index (χ1) is 8.11. The molecule has 0 aliphatic heterocycles. The van der Waals surface area contributed by atoms with Gasteiger partial charge in [-0.05, 0) is 17.7 Å². The van der Waals surface area contributed by atoms with Gasteiger partial charge in [0.1, 0.15) is 11.6 Å². The maximum absolute atomic E-state index is 13.3. The van der Waals surface area contributed by atoms with Gasteiger partial charge >= 0.3 is 0 Å². The van der Waals surface area contributed by atoms with Crippen molar-refractivity contribution >= 4 is 0 Å². The van der Waals surface area contributed by atoms with E-state index in [-0.39, 0.29) is 5.82 Å². The third-order valence-electron chi connectivity index (χ3n) is 2.16. The van der Waals surface area contributed by atoms with Crippen molar-refractivity contribution in [2.45, 2.75) is 32.9 Å². The first kappa shape index (κ1) is 13.5. The SMILES string of the molecule is C#CCCOc1cc(F)cc(CNC(C)C)c1. The summed E-state index contributed by atoms with van der Waals surface area (Å²) in [5.74, 6) is 2.72. The molecule has 0 aliphatic rings. The molecule has 0 bridgehead atoms. The third kappa shape index (κ3) is 5.37. The van der Waals surface area contributed by atoms with Gasteiger partial charge in [0.25, 0.3) is 0 Å².